The summed E-state index contributed by atoms with van der Waals surface area (Å²) in [5.74, 6) is -2.27. The summed E-state index contributed by atoms with van der Waals surface area (Å²) < 4.78 is 35.1. The highest BCUT2D eigenvalue weighted by molar-refractivity contribution is 7.92. The SMILES string of the molecule is Cc1cc(F)ccc1CS(=O)(=O)C(C)(C)C(=O)O. The number of carbonyl (C=O) groups is 1. The molecule has 1 aromatic carbocycles. The predicted molar refractivity (Wildman–Crippen MR) is 65.5 cm³/mol. The van der Waals surface area contributed by atoms with Gasteiger partial charge in [-0.25, -0.2) is 12.8 Å². The molecule has 1 aromatic rings. The van der Waals surface area contributed by atoms with E-state index < -0.39 is 32.1 Å². The van der Waals surface area contributed by atoms with Crippen molar-refractivity contribution in [3.63, 3.8) is 0 Å². The second-order valence-electron chi connectivity index (χ2n) is 4.65. The van der Waals surface area contributed by atoms with Crippen molar-refractivity contribution in [3.05, 3.63) is 35.1 Å². The van der Waals surface area contributed by atoms with Crippen molar-refractivity contribution in [2.24, 2.45) is 0 Å². The normalized spacial score (nSPS) is 12.4. The van der Waals surface area contributed by atoms with Gasteiger partial charge in [-0.05, 0) is 44.0 Å². The number of sulfone groups is 1. The van der Waals surface area contributed by atoms with Crippen LogP contribution in [0.25, 0.3) is 0 Å². The molecule has 6 heteroatoms. The van der Waals surface area contributed by atoms with Gasteiger partial charge in [-0.2, -0.15) is 0 Å². The molecular weight excluding hydrogens is 259 g/mol. The van der Waals surface area contributed by atoms with Crippen molar-refractivity contribution in [1.29, 1.82) is 0 Å². The molecule has 0 saturated carbocycles. The van der Waals surface area contributed by atoms with Crippen LogP contribution in [0, 0.1) is 12.7 Å². The lowest BCUT2D eigenvalue weighted by Gasteiger charge is -2.20. The molecule has 0 spiro atoms. The van der Waals surface area contributed by atoms with E-state index in [1.807, 2.05) is 0 Å². The molecule has 1 N–H and O–H groups in total. The maximum Gasteiger partial charge on any atom is 0.324 e. The second kappa shape index (κ2) is 4.68. The van der Waals surface area contributed by atoms with Crippen LogP contribution in [0.3, 0.4) is 0 Å². The van der Waals surface area contributed by atoms with Crippen molar-refractivity contribution >= 4 is 15.8 Å². The van der Waals surface area contributed by atoms with Gasteiger partial charge in [-0.1, -0.05) is 6.07 Å². The molecular formula is C12H15FO4S. The average Bonchev–Trinajstić information content (AvgIpc) is 2.21. The van der Waals surface area contributed by atoms with Gasteiger partial charge in [0.1, 0.15) is 5.82 Å². The monoisotopic (exact) mass is 274 g/mol. The van der Waals surface area contributed by atoms with E-state index in [1.54, 1.807) is 6.92 Å². The van der Waals surface area contributed by atoms with Crippen LogP contribution in [0.1, 0.15) is 25.0 Å². The minimum absolute atomic E-state index is 0.408. The van der Waals surface area contributed by atoms with Crippen molar-refractivity contribution in [1.82, 2.24) is 0 Å². The first-order chi connectivity index (χ1) is 8.08. The number of benzene rings is 1. The van der Waals surface area contributed by atoms with Crippen LogP contribution < -0.4 is 0 Å². The second-order valence-corrected chi connectivity index (χ2v) is 7.18. The number of rotatable bonds is 4. The van der Waals surface area contributed by atoms with E-state index in [9.17, 15) is 17.6 Å². The fourth-order valence-corrected chi connectivity index (χ4v) is 2.70. The Balaban J connectivity index is 3.15. The lowest BCUT2D eigenvalue weighted by atomic mass is 10.1. The first-order valence-corrected chi connectivity index (χ1v) is 6.94. The van der Waals surface area contributed by atoms with Gasteiger partial charge in [-0.15, -0.1) is 0 Å². The van der Waals surface area contributed by atoms with Crippen LogP contribution in [0.15, 0.2) is 18.2 Å². The van der Waals surface area contributed by atoms with Gasteiger partial charge in [0.2, 0.25) is 0 Å². The summed E-state index contributed by atoms with van der Waals surface area (Å²) in [6.45, 7) is 3.87. The molecule has 0 radical (unpaired) electrons. The Kier molecular flexibility index (Phi) is 3.81. The van der Waals surface area contributed by atoms with Gasteiger partial charge in [0, 0.05) is 0 Å². The zero-order valence-electron chi connectivity index (χ0n) is 10.4. The number of hydrogen-bond acceptors (Lipinski definition) is 3. The molecule has 0 aromatic heterocycles. The van der Waals surface area contributed by atoms with E-state index >= 15 is 0 Å². The largest absolute Gasteiger partial charge is 0.480 e. The molecule has 0 aliphatic heterocycles. The third kappa shape index (κ3) is 2.69. The van der Waals surface area contributed by atoms with E-state index in [1.165, 1.54) is 12.1 Å². The van der Waals surface area contributed by atoms with E-state index in [4.69, 9.17) is 5.11 Å². The summed E-state index contributed by atoms with van der Waals surface area (Å²) in [7, 11) is -3.87. The summed E-state index contributed by atoms with van der Waals surface area (Å²) >= 11 is 0. The number of aliphatic carboxylic acids is 1. The molecule has 0 aliphatic rings. The quantitative estimate of drug-likeness (QED) is 0.910. The Morgan fingerprint density at radius 3 is 2.39 bits per heavy atom. The maximum atomic E-state index is 12.9. The smallest absolute Gasteiger partial charge is 0.324 e. The van der Waals surface area contributed by atoms with Gasteiger partial charge >= 0.3 is 5.97 Å². The fourth-order valence-electron chi connectivity index (χ4n) is 1.34. The Morgan fingerprint density at radius 2 is 1.94 bits per heavy atom. The minimum Gasteiger partial charge on any atom is -0.480 e. The Hall–Kier alpha value is -1.43. The van der Waals surface area contributed by atoms with Crippen LogP contribution in [0.5, 0.6) is 0 Å². The van der Waals surface area contributed by atoms with E-state index in [0.29, 0.717) is 11.1 Å². The van der Waals surface area contributed by atoms with Crippen LogP contribution in [-0.2, 0) is 20.4 Å². The molecule has 0 heterocycles. The number of aryl methyl sites for hydroxylation is 1. The Bertz CT molecular complexity index is 576. The molecule has 0 saturated heterocycles. The van der Waals surface area contributed by atoms with Crippen molar-refractivity contribution in [2.75, 3.05) is 0 Å². The van der Waals surface area contributed by atoms with Crippen molar-refractivity contribution in [3.8, 4) is 0 Å². The molecule has 0 aliphatic carbocycles. The summed E-state index contributed by atoms with van der Waals surface area (Å²) in [6, 6.07) is 3.74. The molecule has 4 nitrogen and oxygen atoms in total. The number of carboxylic acid groups (broad SMARTS) is 1. The average molecular weight is 274 g/mol. The highest BCUT2D eigenvalue weighted by Crippen LogP contribution is 2.23. The van der Waals surface area contributed by atoms with Crippen LogP contribution in [0.4, 0.5) is 4.39 Å². The summed E-state index contributed by atoms with van der Waals surface area (Å²) in [4.78, 5) is 11.0. The Labute approximate surface area is 105 Å². The number of hydrogen-bond donors (Lipinski definition) is 1. The van der Waals surface area contributed by atoms with E-state index in [-0.39, 0.29) is 0 Å². The summed E-state index contributed by atoms with van der Waals surface area (Å²) in [5, 5.41) is 8.93. The maximum absolute atomic E-state index is 12.9. The molecule has 1 rings (SSSR count). The standard InChI is InChI=1S/C12H15FO4S/c1-8-6-10(13)5-4-9(8)7-18(16,17)12(2,3)11(14)15/h4-6H,7H2,1-3H3,(H,14,15). The van der Waals surface area contributed by atoms with Crippen molar-refractivity contribution in [2.45, 2.75) is 31.3 Å². The lowest BCUT2D eigenvalue weighted by Crippen LogP contribution is -2.41. The van der Waals surface area contributed by atoms with Gasteiger partial charge in [0.25, 0.3) is 0 Å². The van der Waals surface area contributed by atoms with Gasteiger partial charge in [-0.3, -0.25) is 4.79 Å². The molecule has 100 valence electrons. The fraction of sp³-hybridized carbons (Fsp3) is 0.417. The van der Waals surface area contributed by atoms with E-state index in [0.717, 1.165) is 19.9 Å². The first kappa shape index (κ1) is 14.6. The first-order valence-electron chi connectivity index (χ1n) is 5.28. The molecule has 0 atom stereocenters. The third-order valence-corrected chi connectivity index (χ3v) is 5.36. The third-order valence-electron chi connectivity index (χ3n) is 2.94. The van der Waals surface area contributed by atoms with Gasteiger partial charge in [0.05, 0.1) is 5.75 Å². The summed E-state index contributed by atoms with van der Waals surface area (Å²) in [5.41, 5.74) is 0.894. The minimum atomic E-state index is -3.87. The zero-order valence-corrected chi connectivity index (χ0v) is 11.2. The van der Waals surface area contributed by atoms with E-state index in [2.05, 4.69) is 0 Å². The zero-order chi connectivity index (χ0) is 14.1. The Morgan fingerprint density at radius 1 is 1.39 bits per heavy atom. The highest BCUT2D eigenvalue weighted by atomic mass is 32.2. The van der Waals surface area contributed by atoms with Gasteiger partial charge < -0.3 is 5.11 Å². The molecule has 0 bridgehead atoms. The number of halogens is 1. The van der Waals surface area contributed by atoms with Crippen LogP contribution in [-0.4, -0.2) is 24.2 Å². The van der Waals surface area contributed by atoms with Crippen LogP contribution >= 0.6 is 0 Å². The number of carboxylic acids is 1. The summed E-state index contributed by atoms with van der Waals surface area (Å²) in [6.07, 6.45) is 0. The highest BCUT2D eigenvalue weighted by Gasteiger charge is 2.41. The molecule has 0 fully saturated rings. The topological polar surface area (TPSA) is 71.4 Å². The van der Waals surface area contributed by atoms with Crippen molar-refractivity contribution < 1.29 is 22.7 Å². The lowest BCUT2D eigenvalue weighted by molar-refractivity contribution is -0.139. The molecule has 18 heavy (non-hydrogen) atoms. The molecule has 0 amide bonds. The predicted octanol–water partition coefficient (Wildman–Crippen LogP) is 1.91. The van der Waals surface area contributed by atoms with Crippen LogP contribution in [0.2, 0.25) is 0 Å². The molecule has 0 unspecified atom stereocenters. The van der Waals surface area contributed by atoms with Gasteiger partial charge in [0.15, 0.2) is 14.6 Å².